The number of rotatable bonds is 7. The van der Waals surface area contributed by atoms with E-state index in [0.29, 0.717) is 11.9 Å². The summed E-state index contributed by atoms with van der Waals surface area (Å²) in [4.78, 5) is 4.66. The van der Waals surface area contributed by atoms with Crippen LogP contribution in [0, 0.1) is 0 Å². The van der Waals surface area contributed by atoms with Gasteiger partial charge in [0.1, 0.15) is 5.60 Å². The summed E-state index contributed by atoms with van der Waals surface area (Å²) >= 11 is 0. The van der Waals surface area contributed by atoms with E-state index in [0.717, 1.165) is 31.6 Å². The lowest BCUT2D eigenvalue weighted by Gasteiger charge is -2.32. The zero-order chi connectivity index (χ0) is 15.3. The monoisotopic (exact) mass is 295 g/mol. The van der Waals surface area contributed by atoms with E-state index in [-0.39, 0.29) is 11.5 Å². The lowest BCUT2D eigenvalue weighted by Crippen LogP contribution is -2.33. The fraction of sp³-hybridized carbons (Fsp3) is 0.875. The highest BCUT2D eigenvalue weighted by atomic mass is 16.5. The van der Waals surface area contributed by atoms with E-state index in [1.165, 1.54) is 19.3 Å². The SMILES string of the molecule is CCCNC(C)C(C)c1nc(C2(OC)CCCCC2)no1. The van der Waals surface area contributed by atoms with Crippen LogP contribution in [0.15, 0.2) is 4.52 Å². The molecule has 1 aliphatic carbocycles. The highest BCUT2D eigenvalue weighted by Crippen LogP contribution is 2.38. The lowest BCUT2D eigenvalue weighted by atomic mass is 9.84. The molecule has 1 fully saturated rings. The number of methoxy groups -OCH3 is 1. The van der Waals surface area contributed by atoms with Crippen molar-refractivity contribution in [3.8, 4) is 0 Å². The Morgan fingerprint density at radius 3 is 2.62 bits per heavy atom. The van der Waals surface area contributed by atoms with Crippen molar-refractivity contribution < 1.29 is 9.26 Å². The Morgan fingerprint density at radius 2 is 2.00 bits per heavy atom. The third kappa shape index (κ3) is 3.64. The summed E-state index contributed by atoms with van der Waals surface area (Å²) in [5, 5.41) is 7.71. The third-order valence-corrected chi connectivity index (χ3v) is 4.76. The Morgan fingerprint density at radius 1 is 1.29 bits per heavy atom. The van der Waals surface area contributed by atoms with Gasteiger partial charge in [0, 0.05) is 13.2 Å². The summed E-state index contributed by atoms with van der Waals surface area (Å²) in [5.74, 6) is 1.65. The molecule has 0 aliphatic heterocycles. The Kier molecular flexibility index (Phi) is 5.76. The molecule has 1 N–H and O–H groups in total. The molecule has 1 aliphatic rings. The van der Waals surface area contributed by atoms with Gasteiger partial charge in [-0.2, -0.15) is 4.98 Å². The fourth-order valence-corrected chi connectivity index (χ4v) is 3.01. The van der Waals surface area contributed by atoms with Crippen LogP contribution < -0.4 is 5.32 Å². The summed E-state index contributed by atoms with van der Waals surface area (Å²) in [5.41, 5.74) is -0.334. The topological polar surface area (TPSA) is 60.2 Å². The molecule has 5 heteroatoms. The molecular weight excluding hydrogens is 266 g/mol. The molecule has 5 nitrogen and oxygen atoms in total. The van der Waals surface area contributed by atoms with Crippen molar-refractivity contribution in [3.05, 3.63) is 11.7 Å². The second-order valence-corrected chi connectivity index (χ2v) is 6.25. The fourth-order valence-electron chi connectivity index (χ4n) is 3.01. The maximum absolute atomic E-state index is 5.78. The van der Waals surface area contributed by atoms with Crippen LogP contribution in [-0.4, -0.2) is 29.8 Å². The number of nitrogens with one attached hydrogen (secondary N) is 1. The van der Waals surface area contributed by atoms with Gasteiger partial charge in [-0.05, 0) is 32.7 Å². The van der Waals surface area contributed by atoms with Crippen molar-refractivity contribution in [2.45, 2.75) is 76.9 Å². The molecule has 0 aromatic carbocycles. The highest BCUT2D eigenvalue weighted by Gasteiger charge is 2.39. The first kappa shape index (κ1) is 16.4. The zero-order valence-electron chi connectivity index (χ0n) is 13.8. The molecule has 0 amide bonds. The first-order chi connectivity index (χ1) is 10.1. The van der Waals surface area contributed by atoms with E-state index in [4.69, 9.17) is 9.26 Å². The molecular formula is C16H29N3O2. The molecule has 0 saturated heterocycles. The third-order valence-electron chi connectivity index (χ3n) is 4.76. The Labute approximate surface area is 127 Å². The molecule has 0 bridgehead atoms. The number of hydrogen-bond donors (Lipinski definition) is 1. The van der Waals surface area contributed by atoms with Gasteiger partial charge in [0.25, 0.3) is 0 Å². The van der Waals surface area contributed by atoms with Gasteiger partial charge in [-0.1, -0.05) is 38.3 Å². The van der Waals surface area contributed by atoms with Crippen molar-refractivity contribution in [1.82, 2.24) is 15.5 Å². The van der Waals surface area contributed by atoms with Crippen LogP contribution in [0.2, 0.25) is 0 Å². The molecule has 1 aromatic rings. The lowest BCUT2D eigenvalue weighted by molar-refractivity contribution is -0.0527. The predicted octanol–water partition coefficient (Wildman–Crippen LogP) is 3.37. The van der Waals surface area contributed by atoms with Crippen molar-refractivity contribution >= 4 is 0 Å². The normalized spacial score (nSPS) is 21.1. The standard InChI is InChI=1S/C16H29N3O2/c1-5-11-17-13(3)12(2)14-18-15(19-21-14)16(20-4)9-7-6-8-10-16/h12-13,17H,5-11H2,1-4H3. The van der Waals surface area contributed by atoms with Crippen LogP contribution in [0.25, 0.3) is 0 Å². The summed E-state index contributed by atoms with van der Waals surface area (Å²) in [7, 11) is 1.76. The minimum Gasteiger partial charge on any atom is -0.370 e. The molecule has 21 heavy (non-hydrogen) atoms. The number of hydrogen-bond acceptors (Lipinski definition) is 5. The Bertz CT molecular complexity index is 427. The van der Waals surface area contributed by atoms with Crippen LogP contribution in [0.1, 0.15) is 76.9 Å². The van der Waals surface area contributed by atoms with Gasteiger partial charge in [-0.3, -0.25) is 0 Å². The van der Waals surface area contributed by atoms with Crippen LogP contribution in [-0.2, 0) is 10.3 Å². The number of ether oxygens (including phenoxy) is 1. The average molecular weight is 295 g/mol. The van der Waals surface area contributed by atoms with E-state index >= 15 is 0 Å². The molecule has 1 heterocycles. The zero-order valence-corrected chi connectivity index (χ0v) is 13.8. The molecule has 2 rings (SSSR count). The second-order valence-electron chi connectivity index (χ2n) is 6.25. The van der Waals surface area contributed by atoms with Crippen molar-refractivity contribution in [2.75, 3.05) is 13.7 Å². The van der Waals surface area contributed by atoms with E-state index in [9.17, 15) is 0 Å². The van der Waals surface area contributed by atoms with E-state index in [1.54, 1.807) is 7.11 Å². The quantitative estimate of drug-likeness (QED) is 0.835. The molecule has 1 saturated carbocycles. The summed E-state index contributed by atoms with van der Waals surface area (Å²) in [6.07, 6.45) is 6.70. The van der Waals surface area contributed by atoms with Gasteiger partial charge in [0.05, 0.1) is 5.92 Å². The van der Waals surface area contributed by atoms with E-state index in [1.807, 2.05) is 0 Å². The van der Waals surface area contributed by atoms with Crippen molar-refractivity contribution in [3.63, 3.8) is 0 Å². The highest BCUT2D eigenvalue weighted by molar-refractivity contribution is 5.06. The molecule has 2 unspecified atom stereocenters. The minimum atomic E-state index is -0.334. The maximum atomic E-state index is 5.78. The predicted molar refractivity (Wildman–Crippen MR) is 82.2 cm³/mol. The number of aromatic nitrogens is 2. The van der Waals surface area contributed by atoms with E-state index < -0.39 is 0 Å². The van der Waals surface area contributed by atoms with Crippen LogP contribution >= 0.6 is 0 Å². The summed E-state index contributed by atoms with van der Waals surface area (Å²) in [6, 6.07) is 0.322. The molecule has 2 atom stereocenters. The second kappa shape index (κ2) is 7.36. The van der Waals surface area contributed by atoms with Gasteiger partial charge in [-0.25, -0.2) is 0 Å². The van der Waals surface area contributed by atoms with Gasteiger partial charge >= 0.3 is 0 Å². The Hall–Kier alpha value is -0.940. The molecule has 0 spiro atoms. The van der Waals surface area contributed by atoms with Gasteiger partial charge in [0.15, 0.2) is 0 Å². The van der Waals surface area contributed by atoms with Gasteiger partial charge < -0.3 is 14.6 Å². The first-order valence-corrected chi connectivity index (χ1v) is 8.25. The summed E-state index contributed by atoms with van der Waals surface area (Å²) < 4.78 is 11.3. The van der Waals surface area contributed by atoms with Crippen LogP contribution in [0.5, 0.6) is 0 Å². The van der Waals surface area contributed by atoms with E-state index in [2.05, 4.69) is 36.2 Å². The van der Waals surface area contributed by atoms with Crippen molar-refractivity contribution in [1.29, 1.82) is 0 Å². The minimum absolute atomic E-state index is 0.204. The molecule has 0 radical (unpaired) electrons. The Balaban J connectivity index is 2.09. The van der Waals surface area contributed by atoms with Crippen LogP contribution in [0.3, 0.4) is 0 Å². The maximum Gasteiger partial charge on any atom is 0.231 e. The van der Waals surface area contributed by atoms with Gasteiger partial charge in [-0.15, -0.1) is 0 Å². The number of nitrogens with zero attached hydrogens (tertiary/aromatic N) is 2. The molecule has 120 valence electrons. The largest absolute Gasteiger partial charge is 0.370 e. The average Bonchev–Trinajstić information content (AvgIpc) is 3.03. The van der Waals surface area contributed by atoms with Crippen LogP contribution in [0.4, 0.5) is 0 Å². The first-order valence-electron chi connectivity index (χ1n) is 8.25. The smallest absolute Gasteiger partial charge is 0.231 e. The molecule has 1 aromatic heterocycles. The van der Waals surface area contributed by atoms with Gasteiger partial charge in [0.2, 0.25) is 11.7 Å². The summed E-state index contributed by atoms with van der Waals surface area (Å²) in [6.45, 7) is 7.47. The van der Waals surface area contributed by atoms with Crippen molar-refractivity contribution in [2.24, 2.45) is 0 Å².